The Kier molecular flexibility index (Phi) is 2.48. The van der Waals surface area contributed by atoms with E-state index in [0.29, 0.717) is 5.57 Å². The van der Waals surface area contributed by atoms with Gasteiger partial charge in [-0.15, -0.1) is 6.42 Å². The second-order valence-corrected chi connectivity index (χ2v) is 2.67. The van der Waals surface area contributed by atoms with Gasteiger partial charge in [-0.2, -0.15) is 0 Å². The van der Waals surface area contributed by atoms with Crippen molar-refractivity contribution in [3.8, 4) is 12.3 Å². The lowest BCUT2D eigenvalue weighted by atomic mass is 9.94. The molecule has 1 heteroatoms. The summed E-state index contributed by atoms with van der Waals surface area (Å²) in [6, 6.07) is 0. The Balaban J connectivity index is 2.75. The van der Waals surface area contributed by atoms with Crippen LogP contribution in [-0.2, 0) is 0 Å². The zero-order chi connectivity index (χ0) is 8.27. The molecule has 0 aromatic rings. The van der Waals surface area contributed by atoms with Gasteiger partial charge < -0.3 is 0 Å². The molecule has 0 aromatic heterocycles. The Bertz CT molecular complexity index is 240. The van der Waals surface area contributed by atoms with Crippen LogP contribution in [0.4, 0.5) is 4.39 Å². The van der Waals surface area contributed by atoms with Crippen molar-refractivity contribution < 1.29 is 4.39 Å². The molecular weight excluding hydrogens is 139 g/mol. The predicted octanol–water partition coefficient (Wildman–Crippen LogP) is 2.83. The highest BCUT2D eigenvalue weighted by molar-refractivity contribution is 5.39. The first-order chi connectivity index (χ1) is 5.27. The topological polar surface area (TPSA) is 0 Å². The average Bonchev–Trinajstić information content (AvgIpc) is 2.04. The van der Waals surface area contributed by atoms with Crippen LogP contribution in [0.15, 0.2) is 23.6 Å². The SMILES string of the molecule is C#CC1=CCC(CC)C(F)=C1. The first kappa shape index (κ1) is 8.07. The van der Waals surface area contributed by atoms with E-state index in [0.717, 1.165) is 12.8 Å². The van der Waals surface area contributed by atoms with Crippen LogP contribution >= 0.6 is 0 Å². The summed E-state index contributed by atoms with van der Waals surface area (Å²) >= 11 is 0. The Labute approximate surface area is 66.8 Å². The van der Waals surface area contributed by atoms with E-state index in [1.807, 2.05) is 13.0 Å². The maximum absolute atomic E-state index is 13.0. The van der Waals surface area contributed by atoms with Crippen molar-refractivity contribution in [2.75, 3.05) is 0 Å². The van der Waals surface area contributed by atoms with E-state index < -0.39 is 0 Å². The van der Waals surface area contributed by atoms with Crippen LogP contribution in [0.2, 0.25) is 0 Å². The van der Waals surface area contributed by atoms with Crippen LogP contribution in [0.25, 0.3) is 0 Å². The molecule has 1 aliphatic rings. The fourth-order valence-corrected chi connectivity index (χ4v) is 1.17. The molecule has 0 saturated carbocycles. The van der Waals surface area contributed by atoms with E-state index in [4.69, 9.17) is 6.42 Å². The van der Waals surface area contributed by atoms with Gasteiger partial charge in [-0.25, -0.2) is 4.39 Å². The Hall–Kier alpha value is -1.03. The quantitative estimate of drug-likeness (QED) is 0.504. The molecule has 0 N–H and O–H groups in total. The number of allylic oxidation sites excluding steroid dienone is 4. The molecule has 1 atom stereocenters. The Morgan fingerprint density at radius 2 is 2.55 bits per heavy atom. The molecule has 0 nitrogen and oxygen atoms in total. The summed E-state index contributed by atoms with van der Waals surface area (Å²) in [7, 11) is 0. The molecule has 0 aromatic carbocycles. The first-order valence-corrected chi connectivity index (χ1v) is 3.81. The summed E-state index contributed by atoms with van der Waals surface area (Å²) in [5.74, 6) is 2.42. The fourth-order valence-electron chi connectivity index (χ4n) is 1.17. The molecule has 0 spiro atoms. The van der Waals surface area contributed by atoms with Gasteiger partial charge in [0.25, 0.3) is 0 Å². The second kappa shape index (κ2) is 3.39. The molecule has 0 radical (unpaired) electrons. The van der Waals surface area contributed by atoms with Crippen molar-refractivity contribution in [3.05, 3.63) is 23.6 Å². The molecule has 0 aliphatic heterocycles. The minimum Gasteiger partial charge on any atom is -0.211 e. The fraction of sp³-hybridized carbons (Fsp3) is 0.400. The van der Waals surface area contributed by atoms with Gasteiger partial charge in [-0.1, -0.05) is 18.9 Å². The van der Waals surface area contributed by atoms with Crippen LogP contribution in [0.3, 0.4) is 0 Å². The Morgan fingerprint density at radius 1 is 1.82 bits per heavy atom. The van der Waals surface area contributed by atoms with Crippen molar-refractivity contribution in [1.29, 1.82) is 0 Å². The monoisotopic (exact) mass is 150 g/mol. The van der Waals surface area contributed by atoms with Crippen molar-refractivity contribution >= 4 is 0 Å². The molecule has 0 heterocycles. The van der Waals surface area contributed by atoms with E-state index in [1.165, 1.54) is 6.08 Å². The third-order valence-corrected chi connectivity index (χ3v) is 1.97. The summed E-state index contributed by atoms with van der Waals surface area (Å²) in [6.07, 6.45) is 10.1. The lowest BCUT2D eigenvalue weighted by Gasteiger charge is -2.14. The first-order valence-electron chi connectivity index (χ1n) is 3.81. The third kappa shape index (κ3) is 1.71. The van der Waals surface area contributed by atoms with E-state index in [-0.39, 0.29) is 11.7 Å². The molecule has 1 unspecified atom stereocenters. The summed E-state index contributed by atoms with van der Waals surface area (Å²) in [4.78, 5) is 0. The number of rotatable bonds is 1. The van der Waals surface area contributed by atoms with Gasteiger partial charge in [0.2, 0.25) is 0 Å². The smallest absolute Gasteiger partial charge is 0.105 e. The van der Waals surface area contributed by atoms with Gasteiger partial charge in [0.15, 0.2) is 0 Å². The average molecular weight is 150 g/mol. The number of terminal acetylenes is 1. The maximum atomic E-state index is 13.0. The van der Waals surface area contributed by atoms with Gasteiger partial charge in [-0.05, 0) is 18.9 Å². The van der Waals surface area contributed by atoms with Gasteiger partial charge >= 0.3 is 0 Å². The minimum atomic E-state index is -0.0667. The third-order valence-electron chi connectivity index (χ3n) is 1.97. The van der Waals surface area contributed by atoms with E-state index in [1.54, 1.807) is 0 Å². The van der Waals surface area contributed by atoms with Gasteiger partial charge in [0.05, 0.1) is 0 Å². The van der Waals surface area contributed by atoms with E-state index in [9.17, 15) is 4.39 Å². The van der Waals surface area contributed by atoms with Crippen molar-refractivity contribution in [2.45, 2.75) is 19.8 Å². The maximum Gasteiger partial charge on any atom is 0.105 e. The zero-order valence-electron chi connectivity index (χ0n) is 6.60. The molecule has 1 aliphatic carbocycles. The number of halogens is 1. The van der Waals surface area contributed by atoms with Crippen molar-refractivity contribution in [3.63, 3.8) is 0 Å². The standard InChI is InChI=1S/C10H11F/c1-3-8-5-6-9(4-2)10(11)7-8/h1,5,7,9H,4,6H2,2H3. The molecule has 0 bridgehead atoms. The highest BCUT2D eigenvalue weighted by Crippen LogP contribution is 2.26. The molecular formula is C10H11F. The van der Waals surface area contributed by atoms with Gasteiger partial charge in [0.1, 0.15) is 5.83 Å². The summed E-state index contributed by atoms with van der Waals surface area (Å²) in [5, 5.41) is 0. The molecule has 0 saturated heterocycles. The van der Waals surface area contributed by atoms with E-state index >= 15 is 0 Å². The van der Waals surface area contributed by atoms with Crippen LogP contribution in [0.1, 0.15) is 19.8 Å². The summed E-state index contributed by atoms with van der Waals surface area (Å²) < 4.78 is 13.0. The zero-order valence-corrected chi connectivity index (χ0v) is 6.60. The molecule has 58 valence electrons. The number of hydrogen-bond donors (Lipinski definition) is 0. The predicted molar refractivity (Wildman–Crippen MR) is 44.5 cm³/mol. The lowest BCUT2D eigenvalue weighted by Crippen LogP contribution is -2.02. The van der Waals surface area contributed by atoms with Gasteiger partial charge in [-0.3, -0.25) is 0 Å². The largest absolute Gasteiger partial charge is 0.211 e. The minimum absolute atomic E-state index is 0.0621. The van der Waals surface area contributed by atoms with E-state index in [2.05, 4.69) is 5.92 Å². The molecule has 11 heavy (non-hydrogen) atoms. The highest BCUT2D eigenvalue weighted by atomic mass is 19.1. The molecule has 0 fully saturated rings. The summed E-state index contributed by atoms with van der Waals surface area (Å²) in [5.41, 5.74) is 0.673. The van der Waals surface area contributed by atoms with Crippen LogP contribution in [0.5, 0.6) is 0 Å². The number of hydrogen-bond acceptors (Lipinski definition) is 0. The molecule has 0 amide bonds. The highest BCUT2D eigenvalue weighted by Gasteiger charge is 2.14. The Morgan fingerprint density at radius 3 is 3.00 bits per heavy atom. The van der Waals surface area contributed by atoms with Crippen LogP contribution in [0, 0.1) is 18.3 Å². The lowest BCUT2D eigenvalue weighted by molar-refractivity contribution is 0.451. The summed E-state index contributed by atoms with van der Waals surface area (Å²) in [6.45, 7) is 1.98. The van der Waals surface area contributed by atoms with Crippen LogP contribution < -0.4 is 0 Å². The van der Waals surface area contributed by atoms with Crippen molar-refractivity contribution in [1.82, 2.24) is 0 Å². The van der Waals surface area contributed by atoms with Crippen LogP contribution in [-0.4, -0.2) is 0 Å². The second-order valence-electron chi connectivity index (χ2n) is 2.67. The van der Waals surface area contributed by atoms with Crippen molar-refractivity contribution in [2.24, 2.45) is 5.92 Å². The van der Waals surface area contributed by atoms with Gasteiger partial charge in [0, 0.05) is 11.5 Å². The normalized spacial score (nSPS) is 23.5. The molecule has 1 rings (SSSR count).